The molecule has 180 valence electrons. The van der Waals surface area contributed by atoms with Crippen molar-refractivity contribution in [1.82, 2.24) is 4.90 Å². The fourth-order valence-electron chi connectivity index (χ4n) is 5.03. The molecular weight excluding hydrogens is 436 g/mol. The van der Waals surface area contributed by atoms with E-state index in [1.807, 2.05) is 0 Å². The van der Waals surface area contributed by atoms with Gasteiger partial charge in [0.1, 0.15) is 11.7 Å². The highest BCUT2D eigenvalue weighted by molar-refractivity contribution is 6.01. The van der Waals surface area contributed by atoms with Crippen molar-refractivity contribution < 1.29 is 42.9 Å². The van der Waals surface area contributed by atoms with Crippen LogP contribution in [0.15, 0.2) is 24.3 Å². The summed E-state index contributed by atoms with van der Waals surface area (Å²) in [6.45, 7) is 1.39. The number of carbonyl (C=O) groups excluding carboxylic acids is 4. The van der Waals surface area contributed by atoms with E-state index in [-0.39, 0.29) is 0 Å². The number of amides is 1. The molecule has 2 aliphatic heterocycles. The summed E-state index contributed by atoms with van der Waals surface area (Å²) in [6, 6.07) is 5.14. The summed E-state index contributed by atoms with van der Waals surface area (Å²) in [5.74, 6) is -4.97. The van der Waals surface area contributed by atoms with Gasteiger partial charge >= 0.3 is 17.9 Å². The second-order valence-electron chi connectivity index (χ2n) is 7.94. The minimum Gasteiger partial charge on any atom is -0.497 e. The topological polar surface area (TPSA) is 130 Å². The van der Waals surface area contributed by atoms with Crippen molar-refractivity contribution in [1.29, 1.82) is 0 Å². The SMILES string of the molecule is COC(=O)[C@H]1[C@H]2[C@H](Nc3ccc(OC)cc3)[C@@H](OC)C(=O)N2[C@@](C)(C(=O)OC)[C@@H]1C(=O)OC. The Kier molecular flexibility index (Phi) is 6.82. The summed E-state index contributed by atoms with van der Waals surface area (Å²) in [4.78, 5) is 53.5. The molecule has 2 saturated heterocycles. The quantitative estimate of drug-likeness (QED) is 0.442. The van der Waals surface area contributed by atoms with E-state index in [1.54, 1.807) is 24.3 Å². The summed E-state index contributed by atoms with van der Waals surface area (Å²) in [5.41, 5.74) is -1.21. The summed E-state index contributed by atoms with van der Waals surface area (Å²) < 4.78 is 25.5. The Balaban J connectivity index is 2.16. The molecule has 2 heterocycles. The maximum atomic E-state index is 13.5. The standard InChI is InChI=1S/C22H28N2O9/c1-22(21(28)33-6)14(20(27)32-5)13(19(26)31-4)16-15(17(30-3)18(25)24(16)22)23-11-7-9-12(29-2)10-8-11/h7-10,13-17,23H,1-6H3/t13-,14+,15+,16+,17-,22-/m1/s1. The molecule has 11 nitrogen and oxygen atoms in total. The van der Waals surface area contributed by atoms with Crippen LogP contribution in [0.4, 0.5) is 5.69 Å². The lowest BCUT2D eigenvalue weighted by Crippen LogP contribution is -2.57. The van der Waals surface area contributed by atoms with Crippen molar-refractivity contribution in [3.63, 3.8) is 0 Å². The fraction of sp³-hybridized carbons (Fsp3) is 0.545. The highest BCUT2D eigenvalue weighted by Crippen LogP contribution is 2.51. The smallest absolute Gasteiger partial charge is 0.332 e. The summed E-state index contributed by atoms with van der Waals surface area (Å²) in [5, 5.41) is 3.22. The highest BCUT2D eigenvalue weighted by Gasteiger charge is 2.73. The van der Waals surface area contributed by atoms with Gasteiger partial charge in [-0.1, -0.05) is 0 Å². The number of anilines is 1. The van der Waals surface area contributed by atoms with Crippen LogP contribution in [0.1, 0.15) is 6.92 Å². The zero-order valence-corrected chi connectivity index (χ0v) is 19.3. The molecule has 1 amide bonds. The monoisotopic (exact) mass is 464 g/mol. The van der Waals surface area contributed by atoms with E-state index in [2.05, 4.69) is 5.32 Å². The van der Waals surface area contributed by atoms with E-state index in [0.717, 1.165) is 14.2 Å². The molecule has 0 saturated carbocycles. The largest absolute Gasteiger partial charge is 0.497 e. The van der Waals surface area contributed by atoms with E-state index < -0.39 is 59.4 Å². The van der Waals surface area contributed by atoms with Gasteiger partial charge in [0.2, 0.25) is 0 Å². The number of fused-ring (bicyclic) bond motifs is 1. The van der Waals surface area contributed by atoms with Crippen molar-refractivity contribution in [3.8, 4) is 5.75 Å². The van der Waals surface area contributed by atoms with E-state index in [4.69, 9.17) is 23.7 Å². The van der Waals surface area contributed by atoms with Crippen LogP contribution in [-0.2, 0) is 38.1 Å². The van der Waals surface area contributed by atoms with Crippen molar-refractivity contribution in [2.45, 2.75) is 30.7 Å². The first-order chi connectivity index (χ1) is 15.7. The third kappa shape index (κ3) is 3.65. The van der Waals surface area contributed by atoms with Crippen LogP contribution in [0.2, 0.25) is 0 Å². The normalized spacial score (nSPS) is 30.4. The van der Waals surface area contributed by atoms with Gasteiger partial charge < -0.3 is 33.9 Å². The van der Waals surface area contributed by atoms with Gasteiger partial charge in [-0.25, -0.2) is 4.79 Å². The summed E-state index contributed by atoms with van der Waals surface area (Å²) >= 11 is 0. The van der Waals surface area contributed by atoms with Crippen LogP contribution in [0, 0.1) is 11.8 Å². The van der Waals surface area contributed by atoms with Gasteiger partial charge in [0.25, 0.3) is 5.91 Å². The number of benzene rings is 1. The van der Waals surface area contributed by atoms with Crippen LogP contribution >= 0.6 is 0 Å². The van der Waals surface area contributed by atoms with Gasteiger partial charge in [-0.3, -0.25) is 14.4 Å². The Morgan fingerprint density at radius 3 is 2.03 bits per heavy atom. The summed E-state index contributed by atoms with van der Waals surface area (Å²) in [6.07, 6.45) is -1.05. The molecule has 1 aromatic carbocycles. The third-order valence-electron chi connectivity index (χ3n) is 6.51. The first kappa shape index (κ1) is 24.3. The lowest BCUT2D eigenvalue weighted by molar-refractivity contribution is -0.169. The Labute approximate surface area is 191 Å². The Morgan fingerprint density at radius 2 is 1.55 bits per heavy atom. The second-order valence-corrected chi connectivity index (χ2v) is 7.94. The number of carbonyl (C=O) groups is 4. The molecule has 2 fully saturated rings. The lowest BCUT2D eigenvalue weighted by Gasteiger charge is -2.35. The molecule has 33 heavy (non-hydrogen) atoms. The van der Waals surface area contributed by atoms with Gasteiger partial charge in [0.05, 0.1) is 46.4 Å². The van der Waals surface area contributed by atoms with Crippen LogP contribution in [0.5, 0.6) is 5.75 Å². The number of nitrogens with one attached hydrogen (secondary N) is 1. The number of nitrogens with zero attached hydrogens (tertiary/aromatic N) is 1. The van der Waals surface area contributed by atoms with Gasteiger partial charge in [0, 0.05) is 12.8 Å². The molecule has 6 atom stereocenters. The molecule has 1 aromatic rings. The molecule has 11 heteroatoms. The minimum atomic E-state index is -1.82. The maximum absolute atomic E-state index is 13.5. The average molecular weight is 464 g/mol. The van der Waals surface area contributed by atoms with Crippen LogP contribution in [-0.4, -0.2) is 88.0 Å². The highest BCUT2D eigenvalue weighted by atomic mass is 16.5. The molecule has 0 aliphatic carbocycles. The van der Waals surface area contributed by atoms with Crippen LogP contribution in [0.3, 0.4) is 0 Å². The zero-order valence-electron chi connectivity index (χ0n) is 19.3. The van der Waals surface area contributed by atoms with E-state index in [1.165, 1.54) is 33.2 Å². The molecule has 1 N–H and O–H groups in total. The maximum Gasteiger partial charge on any atom is 0.332 e. The van der Waals surface area contributed by atoms with Gasteiger partial charge in [-0.05, 0) is 31.2 Å². The third-order valence-corrected chi connectivity index (χ3v) is 6.51. The zero-order chi connectivity index (χ0) is 24.5. The first-order valence-corrected chi connectivity index (χ1v) is 10.2. The van der Waals surface area contributed by atoms with Gasteiger partial charge in [-0.2, -0.15) is 0 Å². The fourth-order valence-corrected chi connectivity index (χ4v) is 5.03. The Morgan fingerprint density at radius 1 is 0.939 bits per heavy atom. The molecular formula is C22H28N2O9. The number of methoxy groups -OCH3 is 5. The minimum absolute atomic E-state index is 0.568. The molecule has 0 radical (unpaired) electrons. The Bertz CT molecular complexity index is 934. The van der Waals surface area contributed by atoms with Crippen molar-refractivity contribution in [3.05, 3.63) is 24.3 Å². The van der Waals surface area contributed by atoms with Gasteiger partial charge in [0.15, 0.2) is 11.6 Å². The molecule has 3 rings (SSSR count). The molecule has 2 aliphatic rings. The number of ether oxygens (including phenoxy) is 5. The number of hydrogen-bond donors (Lipinski definition) is 1. The van der Waals surface area contributed by atoms with Gasteiger partial charge in [-0.15, -0.1) is 0 Å². The lowest BCUT2D eigenvalue weighted by atomic mass is 9.77. The van der Waals surface area contributed by atoms with E-state index >= 15 is 0 Å². The number of esters is 3. The molecule has 0 spiro atoms. The predicted molar refractivity (Wildman–Crippen MR) is 113 cm³/mol. The predicted octanol–water partition coefficient (Wildman–Crippen LogP) is 0.225. The molecule has 0 unspecified atom stereocenters. The average Bonchev–Trinajstić information content (AvgIpc) is 3.27. The number of hydrogen-bond acceptors (Lipinski definition) is 10. The first-order valence-electron chi connectivity index (χ1n) is 10.2. The van der Waals surface area contributed by atoms with Crippen molar-refractivity contribution in [2.24, 2.45) is 11.8 Å². The van der Waals surface area contributed by atoms with Crippen molar-refractivity contribution in [2.75, 3.05) is 40.9 Å². The van der Waals surface area contributed by atoms with Crippen LogP contribution in [0.25, 0.3) is 0 Å². The second kappa shape index (κ2) is 9.26. The van der Waals surface area contributed by atoms with E-state index in [0.29, 0.717) is 11.4 Å². The molecule has 0 aromatic heterocycles. The summed E-state index contributed by atoms with van der Waals surface area (Å²) in [7, 11) is 6.35. The van der Waals surface area contributed by atoms with Crippen molar-refractivity contribution >= 4 is 29.5 Å². The number of rotatable bonds is 7. The van der Waals surface area contributed by atoms with Crippen LogP contribution < -0.4 is 10.1 Å². The molecule has 0 bridgehead atoms. The Hall–Kier alpha value is -3.34. The van der Waals surface area contributed by atoms with E-state index in [9.17, 15) is 19.2 Å².